The Labute approximate surface area is 269 Å². The minimum atomic E-state index is -0.710. The highest BCUT2D eigenvalue weighted by Crippen LogP contribution is 2.34. The quantitative estimate of drug-likeness (QED) is 0.171. The van der Waals surface area contributed by atoms with Gasteiger partial charge in [-0.15, -0.1) is 5.10 Å². The Morgan fingerprint density at radius 1 is 1.17 bits per heavy atom. The van der Waals surface area contributed by atoms with Crippen molar-refractivity contribution in [3.63, 3.8) is 0 Å². The number of primary amides is 1. The van der Waals surface area contributed by atoms with Gasteiger partial charge < -0.3 is 25.4 Å². The van der Waals surface area contributed by atoms with E-state index in [-0.39, 0.29) is 28.3 Å². The van der Waals surface area contributed by atoms with Crippen molar-refractivity contribution in [1.29, 1.82) is 0 Å². The molecule has 0 radical (unpaired) electrons. The largest absolute Gasteiger partial charge is 0.445 e. The molecule has 0 aliphatic carbocycles. The molecule has 0 spiro atoms. The molecular weight excluding hydrogens is 613 g/mol. The van der Waals surface area contributed by atoms with E-state index in [1.807, 2.05) is 18.7 Å². The van der Waals surface area contributed by atoms with Gasteiger partial charge in [0.2, 0.25) is 17.7 Å². The molecule has 0 unspecified atom stereocenters. The minimum Gasteiger partial charge on any atom is -0.445 e. The first-order valence-corrected chi connectivity index (χ1v) is 15.2. The van der Waals surface area contributed by atoms with E-state index in [0.717, 1.165) is 0 Å². The Balaban J connectivity index is 0.00000204. The van der Waals surface area contributed by atoms with Crippen LogP contribution in [-0.2, 0) is 6.54 Å². The molecule has 1 saturated heterocycles. The number of halogens is 2. The number of nitrogen functional groups attached to an aromatic ring is 1. The number of hydrogen-bond donors (Lipinski definition) is 2. The van der Waals surface area contributed by atoms with E-state index in [1.54, 1.807) is 48.2 Å². The van der Waals surface area contributed by atoms with Crippen LogP contribution in [0.4, 0.5) is 16.0 Å². The monoisotopic (exact) mass is 647 g/mol. The van der Waals surface area contributed by atoms with Crippen molar-refractivity contribution in [2.24, 2.45) is 10.7 Å². The zero-order valence-electron chi connectivity index (χ0n) is 25.8. The molecule has 5 aromatic rings. The van der Waals surface area contributed by atoms with Gasteiger partial charge in [-0.2, -0.15) is 9.50 Å². The molecule has 5 heterocycles. The van der Waals surface area contributed by atoms with Crippen molar-refractivity contribution in [2.75, 3.05) is 43.4 Å². The lowest BCUT2D eigenvalue weighted by molar-refractivity contribution is 0.0991. The highest BCUT2D eigenvalue weighted by Gasteiger charge is 2.27. The molecule has 0 bridgehead atoms. The van der Waals surface area contributed by atoms with Crippen molar-refractivity contribution < 1.29 is 13.6 Å². The molecule has 4 N–H and O–H groups in total. The topological polar surface area (TPSA) is 162 Å². The van der Waals surface area contributed by atoms with Gasteiger partial charge in [-0.1, -0.05) is 38.1 Å². The van der Waals surface area contributed by atoms with Crippen LogP contribution in [0.3, 0.4) is 0 Å². The van der Waals surface area contributed by atoms with Gasteiger partial charge in [-0.05, 0) is 31.2 Å². The fourth-order valence-electron chi connectivity index (χ4n) is 5.38. The predicted octanol–water partition coefficient (Wildman–Crippen LogP) is 4.67. The summed E-state index contributed by atoms with van der Waals surface area (Å²) in [7, 11) is 0. The number of fused-ring (bicyclic) bond motifs is 3. The van der Waals surface area contributed by atoms with E-state index in [9.17, 15) is 9.18 Å². The molecule has 6 rings (SSSR count). The summed E-state index contributed by atoms with van der Waals surface area (Å²) < 4.78 is 23.2. The molecule has 0 saturated carbocycles. The van der Waals surface area contributed by atoms with Crippen LogP contribution in [-0.4, -0.2) is 78.9 Å². The number of piperazine rings is 1. The van der Waals surface area contributed by atoms with E-state index in [1.165, 1.54) is 16.8 Å². The SMILES string of the molecule is C=C/C=C(\N=CC)c1nc2c3c(Cl)c(C(N)=O)n(CCN4CCN(c5cc(-c6ncco6)ccc5F)CC4)c3nc(N)n2n1.CC. The van der Waals surface area contributed by atoms with Gasteiger partial charge >= 0.3 is 0 Å². The predicted molar refractivity (Wildman–Crippen MR) is 178 cm³/mol. The van der Waals surface area contributed by atoms with E-state index in [0.29, 0.717) is 78.8 Å². The molecule has 1 fully saturated rings. The average molecular weight is 648 g/mol. The van der Waals surface area contributed by atoms with Crippen molar-refractivity contribution in [3.8, 4) is 11.5 Å². The lowest BCUT2D eigenvalue weighted by Crippen LogP contribution is -2.47. The second kappa shape index (κ2) is 13.9. The number of benzene rings is 1. The summed E-state index contributed by atoms with van der Waals surface area (Å²) in [5.41, 5.74) is 14.5. The molecule has 240 valence electrons. The Morgan fingerprint density at radius 3 is 2.59 bits per heavy atom. The van der Waals surface area contributed by atoms with Crippen LogP contribution in [0.15, 0.2) is 58.8 Å². The number of aliphatic imine (C=N–C) groups is 1. The van der Waals surface area contributed by atoms with E-state index in [4.69, 9.17) is 27.5 Å². The van der Waals surface area contributed by atoms with E-state index in [2.05, 4.69) is 36.5 Å². The molecular formula is C31H35ClFN11O2. The van der Waals surface area contributed by atoms with Crippen LogP contribution in [0.2, 0.25) is 5.02 Å². The molecule has 46 heavy (non-hydrogen) atoms. The normalized spacial score (nSPS) is 14.3. The molecule has 15 heteroatoms. The van der Waals surface area contributed by atoms with Crippen LogP contribution < -0.4 is 16.4 Å². The first-order chi connectivity index (χ1) is 22.3. The number of amides is 1. The van der Waals surface area contributed by atoms with E-state index < -0.39 is 5.91 Å². The van der Waals surface area contributed by atoms with E-state index >= 15 is 0 Å². The number of nitrogens with zero attached hydrogens (tertiary/aromatic N) is 9. The standard InChI is InChI=1S/C29H29ClFN11O2.C2H6/c1-3-5-19(34-4-2)25-36-27-21-22(30)23(24(32)43)41(26(21)37-29(33)42(27)38-25)14-11-39-9-12-40(13-10-39)20-16-17(6-7-18(20)31)28-35-8-15-44-28;1-2/h3-8,15-16H,1,9-14H2,2H3,(H2,32,43)(H2,33,37);1-2H3/b19-5-,34-4?;. The first kappa shape index (κ1) is 32.3. The zero-order chi connectivity index (χ0) is 33.0. The average Bonchev–Trinajstić information content (AvgIpc) is 3.81. The Hall–Kier alpha value is -5.08. The molecule has 1 amide bonds. The van der Waals surface area contributed by atoms with Gasteiger partial charge in [-0.25, -0.2) is 14.4 Å². The molecule has 1 aliphatic rings. The smallest absolute Gasteiger partial charge is 0.266 e. The number of nitrogens with two attached hydrogens (primary N) is 2. The third-order valence-electron chi connectivity index (χ3n) is 7.43. The first-order valence-electron chi connectivity index (χ1n) is 14.8. The van der Waals surface area contributed by atoms with Crippen molar-refractivity contribution >= 4 is 57.7 Å². The lowest BCUT2D eigenvalue weighted by Gasteiger charge is -2.36. The van der Waals surface area contributed by atoms with Crippen LogP contribution in [0.1, 0.15) is 37.1 Å². The molecule has 4 aromatic heterocycles. The third-order valence-corrected chi connectivity index (χ3v) is 7.80. The number of rotatable bonds is 9. The summed E-state index contributed by atoms with van der Waals surface area (Å²) >= 11 is 6.76. The summed E-state index contributed by atoms with van der Waals surface area (Å²) in [6.45, 7) is 12.9. The molecule has 13 nitrogen and oxygen atoms in total. The van der Waals surface area contributed by atoms with Gasteiger partial charge in [0.05, 0.1) is 22.3 Å². The number of allylic oxidation sites excluding steroid dienone is 2. The third kappa shape index (κ3) is 6.08. The maximum atomic E-state index is 14.8. The Morgan fingerprint density at radius 2 is 1.93 bits per heavy atom. The maximum Gasteiger partial charge on any atom is 0.266 e. The summed E-state index contributed by atoms with van der Waals surface area (Å²) in [5.74, 6) is -0.246. The van der Waals surface area contributed by atoms with Crippen LogP contribution in [0.5, 0.6) is 0 Å². The summed E-state index contributed by atoms with van der Waals surface area (Å²) in [6.07, 6.45) is 7.89. The highest BCUT2D eigenvalue weighted by molar-refractivity contribution is 6.40. The minimum absolute atomic E-state index is 0.0544. The fraction of sp³-hybridized carbons (Fsp3) is 0.290. The summed E-state index contributed by atoms with van der Waals surface area (Å²) in [4.78, 5) is 34.5. The number of aromatic nitrogens is 6. The number of oxazole rings is 1. The number of anilines is 2. The van der Waals surface area contributed by atoms with Gasteiger partial charge in [0.25, 0.3) is 5.91 Å². The Bertz CT molecular complexity index is 1940. The number of carbonyl (C=O) groups excluding carboxylic acids is 1. The van der Waals surface area contributed by atoms with Gasteiger partial charge in [0, 0.05) is 51.0 Å². The van der Waals surface area contributed by atoms with Crippen molar-refractivity contribution in [1.82, 2.24) is 34.0 Å². The Kier molecular flexibility index (Phi) is 9.78. The van der Waals surface area contributed by atoms with Gasteiger partial charge in [0.1, 0.15) is 29.1 Å². The summed E-state index contributed by atoms with van der Waals surface area (Å²) in [6, 6.07) is 4.82. The lowest BCUT2D eigenvalue weighted by atomic mass is 10.1. The summed E-state index contributed by atoms with van der Waals surface area (Å²) in [5, 5.41) is 4.97. The van der Waals surface area contributed by atoms with Crippen LogP contribution >= 0.6 is 11.6 Å². The van der Waals surface area contributed by atoms with Crippen LogP contribution in [0.25, 0.3) is 33.8 Å². The van der Waals surface area contributed by atoms with Crippen molar-refractivity contribution in [3.05, 3.63) is 71.7 Å². The molecule has 0 atom stereocenters. The highest BCUT2D eigenvalue weighted by atomic mass is 35.5. The second-order valence-electron chi connectivity index (χ2n) is 10.0. The molecule has 1 aliphatic heterocycles. The van der Waals surface area contributed by atoms with Gasteiger partial charge in [0.15, 0.2) is 5.65 Å². The number of carbonyl (C=O) groups is 1. The zero-order valence-corrected chi connectivity index (χ0v) is 26.6. The van der Waals surface area contributed by atoms with Crippen molar-refractivity contribution in [2.45, 2.75) is 27.3 Å². The van der Waals surface area contributed by atoms with Gasteiger partial charge in [-0.3, -0.25) is 14.7 Å². The molecule has 1 aromatic carbocycles. The number of hydrogen-bond acceptors (Lipinski definition) is 10. The second-order valence-corrected chi connectivity index (χ2v) is 10.4. The fourth-order valence-corrected chi connectivity index (χ4v) is 5.75. The maximum absolute atomic E-state index is 14.8. The van der Waals surface area contributed by atoms with Crippen LogP contribution in [0, 0.1) is 5.82 Å².